The lowest BCUT2D eigenvalue weighted by atomic mass is 10.5. The van der Waals surface area contributed by atoms with Crippen LogP contribution in [0.4, 0.5) is 0 Å². The Balaban J connectivity index is 3.55. The highest BCUT2D eigenvalue weighted by Gasteiger charge is 2.10. The van der Waals surface area contributed by atoms with Crippen LogP contribution in [0.3, 0.4) is 0 Å². The fourth-order valence-corrected chi connectivity index (χ4v) is 0.523. The van der Waals surface area contributed by atoms with E-state index in [1.54, 1.807) is 0 Å². The van der Waals surface area contributed by atoms with Crippen molar-refractivity contribution in [2.24, 2.45) is 0 Å². The van der Waals surface area contributed by atoms with E-state index in [0.717, 1.165) is 12.8 Å². The Morgan fingerprint density at radius 3 is 2.17 bits per heavy atom. The van der Waals surface area contributed by atoms with E-state index in [1.165, 1.54) is 0 Å². The van der Waals surface area contributed by atoms with Crippen LogP contribution in [0.25, 0.3) is 0 Å². The number of rotatable bonds is 4. The molecule has 0 heterocycles. The number of hydrogen-bond donors (Lipinski definition) is 1. The Labute approximate surface area is 72.4 Å². The molecule has 0 aliphatic carbocycles. The maximum absolute atomic E-state index is 10.8. The first-order valence-corrected chi connectivity index (χ1v) is 4.10. The quantitative estimate of drug-likeness (QED) is 0.396. The van der Waals surface area contributed by atoms with Gasteiger partial charge in [-0.3, -0.25) is 5.41 Å². The first-order chi connectivity index (χ1) is 5.72. The molecule has 0 rings (SSSR count). The van der Waals surface area contributed by atoms with Crippen LogP contribution in [0.5, 0.6) is 0 Å². The van der Waals surface area contributed by atoms with Gasteiger partial charge in [0.1, 0.15) is 0 Å². The van der Waals surface area contributed by atoms with Crippen LogP contribution in [0.2, 0.25) is 0 Å². The van der Waals surface area contributed by atoms with Gasteiger partial charge in [-0.05, 0) is 12.8 Å². The summed E-state index contributed by atoms with van der Waals surface area (Å²) >= 11 is 0. The van der Waals surface area contributed by atoms with Crippen LogP contribution in [-0.2, 0) is 14.3 Å². The zero-order valence-corrected chi connectivity index (χ0v) is 7.55. The van der Waals surface area contributed by atoms with Crippen molar-refractivity contribution < 1.29 is 14.3 Å². The first-order valence-electron chi connectivity index (χ1n) is 4.10. The van der Waals surface area contributed by atoms with Crippen molar-refractivity contribution in [2.45, 2.75) is 26.7 Å². The van der Waals surface area contributed by atoms with Gasteiger partial charge in [0, 0.05) is 0 Å². The average molecular weight is 173 g/mol. The summed E-state index contributed by atoms with van der Waals surface area (Å²) in [6.07, 6.45) is 1.54. The normalized spacial score (nSPS) is 9.17. The molecule has 0 aromatic rings. The molecule has 0 spiro atoms. The molecule has 0 saturated carbocycles. The summed E-state index contributed by atoms with van der Waals surface area (Å²) in [7, 11) is 0. The molecule has 70 valence electrons. The van der Waals surface area contributed by atoms with E-state index in [2.05, 4.69) is 4.74 Å². The van der Waals surface area contributed by atoms with E-state index in [0.29, 0.717) is 13.2 Å². The van der Waals surface area contributed by atoms with Gasteiger partial charge in [0.15, 0.2) is 0 Å². The summed E-state index contributed by atoms with van der Waals surface area (Å²) in [5.41, 5.74) is 0. The Hall–Kier alpha value is -1.06. The van der Waals surface area contributed by atoms with Crippen molar-refractivity contribution in [2.75, 3.05) is 13.2 Å². The van der Waals surface area contributed by atoms with Gasteiger partial charge in [-0.15, -0.1) is 0 Å². The summed E-state index contributed by atoms with van der Waals surface area (Å²) in [6.45, 7) is 4.53. The van der Waals surface area contributed by atoms with Gasteiger partial charge >= 0.3 is 5.97 Å². The molecule has 0 amide bonds. The van der Waals surface area contributed by atoms with Gasteiger partial charge < -0.3 is 9.47 Å². The van der Waals surface area contributed by atoms with E-state index < -0.39 is 11.9 Å². The highest BCUT2D eigenvalue weighted by Crippen LogP contribution is 1.88. The maximum Gasteiger partial charge on any atom is 0.393 e. The second kappa shape index (κ2) is 6.64. The number of carbonyl (C=O) groups excluding carboxylic acids is 1. The second-order valence-electron chi connectivity index (χ2n) is 2.31. The molecule has 4 heteroatoms. The summed E-state index contributed by atoms with van der Waals surface area (Å²) in [5.74, 6) is -1.07. The molecule has 12 heavy (non-hydrogen) atoms. The Morgan fingerprint density at radius 2 is 1.67 bits per heavy atom. The van der Waals surface area contributed by atoms with Crippen LogP contribution in [0, 0.1) is 5.41 Å². The SMILES string of the molecule is CCCOC(=N)C(=O)OCCC. The number of carbonyl (C=O) groups is 1. The Morgan fingerprint density at radius 1 is 1.17 bits per heavy atom. The predicted octanol–water partition coefficient (Wildman–Crippen LogP) is 1.34. The minimum atomic E-state index is -0.676. The van der Waals surface area contributed by atoms with E-state index >= 15 is 0 Å². The van der Waals surface area contributed by atoms with Gasteiger partial charge in [-0.2, -0.15) is 0 Å². The third-order valence-electron chi connectivity index (χ3n) is 1.07. The minimum Gasteiger partial charge on any atom is -0.473 e. The van der Waals surface area contributed by atoms with Crippen LogP contribution >= 0.6 is 0 Å². The van der Waals surface area contributed by atoms with Crippen molar-refractivity contribution in [3.05, 3.63) is 0 Å². The molecule has 1 N–H and O–H groups in total. The molecule has 0 unspecified atom stereocenters. The standard InChI is InChI=1S/C8H15NO3/c1-3-5-11-7(9)8(10)12-6-4-2/h9H,3-6H2,1-2H3. The van der Waals surface area contributed by atoms with Crippen LogP contribution < -0.4 is 0 Å². The fraction of sp³-hybridized carbons (Fsp3) is 0.750. The first kappa shape index (κ1) is 10.9. The van der Waals surface area contributed by atoms with E-state index in [4.69, 9.17) is 10.1 Å². The topological polar surface area (TPSA) is 59.4 Å². The van der Waals surface area contributed by atoms with Crippen molar-refractivity contribution in [1.82, 2.24) is 0 Å². The smallest absolute Gasteiger partial charge is 0.393 e. The van der Waals surface area contributed by atoms with Gasteiger partial charge in [0.05, 0.1) is 13.2 Å². The molecule has 0 aliphatic rings. The van der Waals surface area contributed by atoms with Gasteiger partial charge in [-0.1, -0.05) is 13.8 Å². The molecule has 0 aliphatic heterocycles. The van der Waals surface area contributed by atoms with Crippen LogP contribution in [0.1, 0.15) is 26.7 Å². The third-order valence-corrected chi connectivity index (χ3v) is 1.07. The molecule has 4 nitrogen and oxygen atoms in total. The molecule has 0 aromatic carbocycles. The molecule has 0 saturated heterocycles. The fourth-order valence-electron chi connectivity index (χ4n) is 0.523. The maximum atomic E-state index is 10.8. The monoisotopic (exact) mass is 173 g/mol. The Bertz CT molecular complexity index is 138. The highest BCUT2D eigenvalue weighted by atomic mass is 16.6. The van der Waals surface area contributed by atoms with Crippen molar-refractivity contribution in [3.63, 3.8) is 0 Å². The summed E-state index contributed by atoms with van der Waals surface area (Å²) in [5, 5.41) is 7.08. The van der Waals surface area contributed by atoms with E-state index in [9.17, 15) is 4.79 Å². The summed E-state index contributed by atoms with van der Waals surface area (Å²) in [6, 6.07) is 0. The zero-order valence-electron chi connectivity index (χ0n) is 7.55. The van der Waals surface area contributed by atoms with Crippen molar-refractivity contribution >= 4 is 11.9 Å². The lowest BCUT2D eigenvalue weighted by Gasteiger charge is -2.04. The van der Waals surface area contributed by atoms with E-state index in [1.807, 2.05) is 13.8 Å². The third kappa shape index (κ3) is 4.71. The molecule has 0 radical (unpaired) electrons. The number of hydrogen-bond acceptors (Lipinski definition) is 4. The predicted molar refractivity (Wildman–Crippen MR) is 45.2 cm³/mol. The summed E-state index contributed by atoms with van der Waals surface area (Å²) < 4.78 is 9.42. The lowest BCUT2D eigenvalue weighted by molar-refractivity contribution is -0.137. The van der Waals surface area contributed by atoms with Crippen LogP contribution in [-0.4, -0.2) is 25.1 Å². The van der Waals surface area contributed by atoms with Crippen molar-refractivity contribution in [1.29, 1.82) is 5.41 Å². The number of ether oxygens (including phenoxy) is 2. The largest absolute Gasteiger partial charge is 0.473 e. The molecule has 0 bridgehead atoms. The van der Waals surface area contributed by atoms with Crippen LogP contribution in [0.15, 0.2) is 0 Å². The zero-order chi connectivity index (χ0) is 9.40. The van der Waals surface area contributed by atoms with Gasteiger partial charge in [0.25, 0.3) is 5.90 Å². The molecular formula is C8H15NO3. The minimum absolute atomic E-state index is 0.344. The number of esters is 1. The second-order valence-corrected chi connectivity index (χ2v) is 2.31. The highest BCUT2D eigenvalue weighted by molar-refractivity contribution is 6.31. The molecule has 0 aromatic heterocycles. The molecular weight excluding hydrogens is 158 g/mol. The molecule has 0 atom stereocenters. The Kier molecular flexibility index (Phi) is 6.05. The van der Waals surface area contributed by atoms with E-state index in [-0.39, 0.29) is 0 Å². The summed E-state index contributed by atoms with van der Waals surface area (Å²) in [4.78, 5) is 10.8. The number of nitrogens with one attached hydrogen (secondary N) is 1. The lowest BCUT2D eigenvalue weighted by Crippen LogP contribution is -2.20. The van der Waals surface area contributed by atoms with Gasteiger partial charge in [0.2, 0.25) is 0 Å². The van der Waals surface area contributed by atoms with Crippen molar-refractivity contribution in [3.8, 4) is 0 Å². The average Bonchev–Trinajstić information content (AvgIpc) is 2.10. The van der Waals surface area contributed by atoms with Gasteiger partial charge in [-0.25, -0.2) is 4.79 Å². The molecule has 0 fully saturated rings.